The SMILES string of the molecule is CC1=C[C@H](C)C=c2cc(COc3cccc(OCc4cccc(C)c4OCC(O)O)c3)ncc2=C1. The molecule has 3 aromatic rings. The van der Waals surface area contributed by atoms with E-state index in [1.165, 1.54) is 10.8 Å². The first-order chi connectivity index (χ1) is 16.9. The Kier molecular flexibility index (Phi) is 7.85. The number of aryl methyl sites for hydroxylation is 1. The van der Waals surface area contributed by atoms with Crippen molar-refractivity contribution in [3.05, 3.63) is 93.6 Å². The second kappa shape index (κ2) is 11.2. The lowest BCUT2D eigenvalue weighted by atomic mass is 10.1. The quantitative estimate of drug-likeness (QED) is 0.464. The summed E-state index contributed by atoms with van der Waals surface area (Å²) >= 11 is 0. The third-order valence-corrected chi connectivity index (χ3v) is 5.63. The summed E-state index contributed by atoms with van der Waals surface area (Å²) in [6.45, 7) is 6.61. The maximum Gasteiger partial charge on any atom is 0.186 e. The van der Waals surface area contributed by atoms with Crippen molar-refractivity contribution in [2.75, 3.05) is 6.61 Å². The van der Waals surface area contributed by atoms with Gasteiger partial charge in [-0.05, 0) is 54.0 Å². The average Bonchev–Trinajstić information content (AvgIpc) is 2.96. The van der Waals surface area contributed by atoms with Crippen LogP contribution in [0.25, 0.3) is 12.2 Å². The normalized spacial score (nSPS) is 14.8. The highest BCUT2D eigenvalue weighted by atomic mass is 16.5. The van der Waals surface area contributed by atoms with Crippen LogP contribution in [0.4, 0.5) is 0 Å². The van der Waals surface area contributed by atoms with Crippen molar-refractivity contribution in [2.45, 2.75) is 40.3 Å². The molecule has 0 unspecified atom stereocenters. The lowest BCUT2D eigenvalue weighted by Crippen LogP contribution is -2.26. The van der Waals surface area contributed by atoms with E-state index in [9.17, 15) is 0 Å². The molecule has 182 valence electrons. The number of ether oxygens (including phenoxy) is 3. The number of pyridine rings is 1. The molecule has 0 bridgehead atoms. The molecule has 1 aliphatic carbocycles. The number of rotatable bonds is 9. The van der Waals surface area contributed by atoms with E-state index in [1.54, 1.807) is 0 Å². The topological polar surface area (TPSA) is 81.0 Å². The van der Waals surface area contributed by atoms with Gasteiger partial charge in [-0.2, -0.15) is 0 Å². The Morgan fingerprint density at radius 3 is 2.40 bits per heavy atom. The smallest absolute Gasteiger partial charge is 0.186 e. The molecule has 0 saturated carbocycles. The first kappa shape index (κ1) is 24.5. The summed E-state index contributed by atoms with van der Waals surface area (Å²) in [5.74, 6) is 2.30. The number of benzene rings is 2. The largest absolute Gasteiger partial charge is 0.489 e. The van der Waals surface area contributed by atoms with Gasteiger partial charge in [0.1, 0.15) is 37.1 Å². The molecule has 0 fully saturated rings. The van der Waals surface area contributed by atoms with Crippen molar-refractivity contribution >= 4 is 12.2 Å². The molecule has 1 heterocycles. The molecular formula is C29H31NO5. The van der Waals surface area contributed by atoms with E-state index >= 15 is 0 Å². The van der Waals surface area contributed by atoms with E-state index in [-0.39, 0.29) is 13.2 Å². The number of aromatic nitrogens is 1. The molecule has 0 spiro atoms. The molecule has 1 aromatic heterocycles. The summed E-state index contributed by atoms with van der Waals surface area (Å²) in [5.41, 5.74) is 3.81. The van der Waals surface area contributed by atoms with Crippen LogP contribution in [0, 0.1) is 12.8 Å². The van der Waals surface area contributed by atoms with Crippen molar-refractivity contribution in [1.29, 1.82) is 0 Å². The molecule has 0 aliphatic heterocycles. The summed E-state index contributed by atoms with van der Waals surface area (Å²) in [7, 11) is 0. The highest BCUT2D eigenvalue weighted by Crippen LogP contribution is 2.26. The highest BCUT2D eigenvalue weighted by Gasteiger charge is 2.10. The van der Waals surface area contributed by atoms with Gasteiger partial charge in [-0.25, -0.2) is 0 Å². The predicted molar refractivity (Wildman–Crippen MR) is 135 cm³/mol. The highest BCUT2D eigenvalue weighted by molar-refractivity contribution is 5.51. The van der Waals surface area contributed by atoms with Crippen LogP contribution in [0.2, 0.25) is 0 Å². The molecule has 4 rings (SSSR count). The van der Waals surface area contributed by atoms with E-state index in [0.29, 0.717) is 29.8 Å². The van der Waals surface area contributed by atoms with Crippen LogP contribution in [0.3, 0.4) is 0 Å². The number of hydrogen-bond acceptors (Lipinski definition) is 6. The zero-order valence-corrected chi connectivity index (χ0v) is 20.3. The second-order valence-electron chi connectivity index (χ2n) is 8.79. The molecule has 6 nitrogen and oxygen atoms in total. The van der Waals surface area contributed by atoms with Gasteiger partial charge in [0.2, 0.25) is 0 Å². The minimum absolute atomic E-state index is 0.206. The Labute approximate surface area is 205 Å². The number of fused-ring (bicyclic) bond motifs is 1. The zero-order chi connectivity index (χ0) is 24.8. The van der Waals surface area contributed by atoms with Crippen LogP contribution in [-0.2, 0) is 13.2 Å². The van der Waals surface area contributed by atoms with Crippen molar-refractivity contribution in [3.63, 3.8) is 0 Å². The maximum atomic E-state index is 9.13. The Morgan fingerprint density at radius 2 is 1.63 bits per heavy atom. The summed E-state index contributed by atoms with van der Waals surface area (Å²) in [5, 5.41) is 20.6. The van der Waals surface area contributed by atoms with Crippen molar-refractivity contribution in [2.24, 2.45) is 5.92 Å². The molecule has 0 radical (unpaired) electrons. The van der Waals surface area contributed by atoms with Gasteiger partial charge < -0.3 is 24.4 Å². The fourth-order valence-corrected chi connectivity index (χ4v) is 4.07. The van der Waals surface area contributed by atoms with Crippen LogP contribution in [0.15, 0.2) is 66.4 Å². The number of allylic oxidation sites excluding steroid dienone is 2. The molecule has 35 heavy (non-hydrogen) atoms. The molecule has 1 aliphatic rings. The molecule has 1 atom stereocenters. The van der Waals surface area contributed by atoms with Gasteiger partial charge >= 0.3 is 0 Å². The molecule has 0 saturated heterocycles. The van der Waals surface area contributed by atoms with Crippen LogP contribution in [0.1, 0.15) is 30.7 Å². The van der Waals surface area contributed by atoms with E-state index in [4.69, 9.17) is 24.4 Å². The Hall–Kier alpha value is -3.61. The summed E-state index contributed by atoms with van der Waals surface area (Å²) in [6.07, 6.45) is 7.00. The predicted octanol–water partition coefficient (Wildman–Crippen LogP) is 3.39. The minimum Gasteiger partial charge on any atom is -0.489 e. The Bertz CT molecular complexity index is 1330. The van der Waals surface area contributed by atoms with Gasteiger partial charge in [-0.3, -0.25) is 4.98 Å². The van der Waals surface area contributed by atoms with Gasteiger partial charge in [0.05, 0.1) is 5.69 Å². The van der Waals surface area contributed by atoms with E-state index in [2.05, 4.69) is 43.1 Å². The maximum absolute atomic E-state index is 9.13. The zero-order valence-electron chi connectivity index (χ0n) is 20.3. The van der Waals surface area contributed by atoms with E-state index in [1.807, 2.05) is 55.6 Å². The van der Waals surface area contributed by atoms with Gasteiger partial charge in [0.15, 0.2) is 6.29 Å². The fourth-order valence-electron chi connectivity index (χ4n) is 4.07. The summed E-state index contributed by atoms with van der Waals surface area (Å²) in [6, 6.07) is 15.3. The summed E-state index contributed by atoms with van der Waals surface area (Å²) < 4.78 is 17.6. The molecule has 0 amide bonds. The van der Waals surface area contributed by atoms with Gasteiger partial charge in [-0.1, -0.05) is 55.0 Å². The number of aliphatic hydroxyl groups is 2. The third kappa shape index (κ3) is 6.72. The number of para-hydroxylation sites is 1. The number of hydrogen-bond donors (Lipinski definition) is 2. The standard InChI is InChI=1S/C29H31NO5/c1-19-10-20(2)12-24-15-30-25(13-23(24)11-19)17-34-27-9-5-8-26(14-27)33-16-22-7-4-6-21(3)29(22)35-18-28(31)32/h4-15,19,28,31-32H,16-18H2,1-3H3/t19-/m0/s1. The second-order valence-corrected chi connectivity index (χ2v) is 8.79. The first-order valence-corrected chi connectivity index (χ1v) is 11.7. The average molecular weight is 474 g/mol. The first-order valence-electron chi connectivity index (χ1n) is 11.7. The van der Waals surface area contributed by atoms with E-state index in [0.717, 1.165) is 22.0 Å². The molecular weight excluding hydrogens is 442 g/mol. The van der Waals surface area contributed by atoms with Crippen LogP contribution in [0.5, 0.6) is 17.2 Å². The van der Waals surface area contributed by atoms with E-state index < -0.39 is 6.29 Å². The van der Waals surface area contributed by atoms with Crippen LogP contribution >= 0.6 is 0 Å². The van der Waals surface area contributed by atoms with Crippen LogP contribution in [-0.4, -0.2) is 28.1 Å². The lowest BCUT2D eigenvalue weighted by Gasteiger charge is -2.16. The Balaban J connectivity index is 1.41. The monoisotopic (exact) mass is 473 g/mol. The van der Waals surface area contributed by atoms with Crippen LogP contribution < -0.4 is 24.6 Å². The van der Waals surface area contributed by atoms with Crippen molar-refractivity contribution in [1.82, 2.24) is 4.98 Å². The lowest BCUT2D eigenvalue weighted by molar-refractivity contribution is -0.0684. The molecule has 2 N–H and O–H groups in total. The van der Waals surface area contributed by atoms with Gasteiger partial charge in [-0.15, -0.1) is 0 Å². The molecule has 6 heteroatoms. The molecule has 2 aromatic carbocycles. The fraction of sp³-hybridized carbons (Fsp3) is 0.276. The van der Waals surface area contributed by atoms with Gasteiger partial charge in [0, 0.05) is 17.8 Å². The van der Waals surface area contributed by atoms with Gasteiger partial charge in [0.25, 0.3) is 0 Å². The van der Waals surface area contributed by atoms with Crippen molar-refractivity contribution < 1.29 is 24.4 Å². The summed E-state index contributed by atoms with van der Waals surface area (Å²) in [4.78, 5) is 4.57. The Morgan fingerprint density at radius 1 is 0.886 bits per heavy atom. The minimum atomic E-state index is -1.54. The van der Waals surface area contributed by atoms with Crippen molar-refractivity contribution in [3.8, 4) is 17.2 Å². The third-order valence-electron chi connectivity index (χ3n) is 5.63. The number of aliphatic hydroxyl groups excluding tert-OH is 1. The number of nitrogens with zero attached hydrogens (tertiary/aromatic N) is 1.